The van der Waals surface area contributed by atoms with E-state index in [9.17, 15) is 22.8 Å². The Hall–Kier alpha value is -3.68. The van der Waals surface area contributed by atoms with Crippen molar-refractivity contribution in [3.8, 4) is 23.0 Å². The molecule has 1 aromatic heterocycles. The number of benzene rings is 2. The second-order valence-electron chi connectivity index (χ2n) is 6.60. The number of aliphatic hydroxyl groups excluding tert-OH is 1. The van der Waals surface area contributed by atoms with Gasteiger partial charge in [-0.3, -0.25) is 9.59 Å². The van der Waals surface area contributed by atoms with Gasteiger partial charge in [-0.05, 0) is 36.4 Å². The summed E-state index contributed by atoms with van der Waals surface area (Å²) < 4.78 is 38.5. The number of nitriles is 1. The van der Waals surface area contributed by atoms with Crippen molar-refractivity contribution in [2.45, 2.75) is 12.3 Å². The fourth-order valence-electron chi connectivity index (χ4n) is 2.70. The van der Waals surface area contributed by atoms with Crippen LogP contribution in [0.5, 0.6) is 0 Å². The molecule has 0 radical (unpaired) electrons. The number of nitrogens with one attached hydrogen (secondary N) is 1. The minimum Gasteiger partial charge on any atom is -0.382 e. The number of nitrogens with zero attached hydrogens (tertiary/aromatic N) is 3. The Balaban J connectivity index is 2.10. The zero-order chi connectivity index (χ0) is 23.5. The summed E-state index contributed by atoms with van der Waals surface area (Å²) in [7, 11) is 0. The van der Waals surface area contributed by atoms with Crippen LogP contribution < -0.4 is 10.9 Å². The third kappa shape index (κ3) is 5.14. The first-order valence-corrected chi connectivity index (χ1v) is 9.42. The average Bonchev–Trinajstić information content (AvgIpc) is 2.77. The zero-order valence-corrected chi connectivity index (χ0v) is 16.9. The Morgan fingerprint density at radius 3 is 2.53 bits per heavy atom. The maximum atomic E-state index is 12.9. The van der Waals surface area contributed by atoms with Crippen molar-refractivity contribution < 1.29 is 23.1 Å². The lowest BCUT2D eigenvalue weighted by atomic mass is 10.1. The van der Waals surface area contributed by atoms with Crippen LogP contribution in [0.4, 0.5) is 13.2 Å². The largest absolute Gasteiger partial charge is 0.416 e. The van der Waals surface area contributed by atoms with Crippen LogP contribution in [0.1, 0.15) is 15.9 Å². The Labute approximate surface area is 184 Å². The third-order valence-electron chi connectivity index (χ3n) is 4.35. The van der Waals surface area contributed by atoms with E-state index in [1.807, 2.05) is 11.4 Å². The molecule has 3 aromatic rings. The predicted molar refractivity (Wildman–Crippen MR) is 109 cm³/mol. The number of aromatic nitrogens is 2. The average molecular weight is 463 g/mol. The quantitative estimate of drug-likeness (QED) is 0.606. The molecule has 2 N–H and O–H groups in total. The first-order valence-electron chi connectivity index (χ1n) is 9.04. The Kier molecular flexibility index (Phi) is 6.62. The van der Waals surface area contributed by atoms with Gasteiger partial charge in [0, 0.05) is 10.6 Å². The van der Waals surface area contributed by atoms with Crippen LogP contribution in [0.2, 0.25) is 5.02 Å². The number of carbonyl (C=O) groups is 1. The van der Waals surface area contributed by atoms with Gasteiger partial charge in [-0.25, -0.2) is 0 Å². The summed E-state index contributed by atoms with van der Waals surface area (Å²) >= 11 is 5.89. The number of carbonyl (C=O) groups excluding carboxylic acids is 1. The maximum Gasteiger partial charge on any atom is 0.416 e. The number of hydrogen-bond acceptors (Lipinski definition) is 5. The summed E-state index contributed by atoms with van der Waals surface area (Å²) in [6.45, 7) is -1.13. The van der Waals surface area contributed by atoms with Gasteiger partial charge in [0.05, 0.1) is 29.6 Å². The van der Waals surface area contributed by atoms with E-state index in [2.05, 4.69) is 5.10 Å². The minimum absolute atomic E-state index is 0.158. The van der Waals surface area contributed by atoms with Gasteiger partial charge in [-0.15, -0.1) is 0 Å². The summed E-state index contributed by atoms with van der Waals surface area (Å²) in [5, 5.41) is 24.8. The van der Waals surface area contributed by atoms with E-state index in [-0.39, 0.29) is 16.9 Å². The molecular formula is C21H14ClF3N4O3. The monoisotopic (exact) mass is 462 g/mol. The molecule has 1 amide bonds. The summed E-state index contributed by atoms with van der Waals surface area (Å²) in [4.78, 5) is 25.5. The first kappa shape index (κ1) is 23.0. The van der Waals surface area contributed by atoms with Gasteiger partial charge in [0.25, 0.3) is 11.5 Å². The highest BCUT2D eigenvalue weighted by atomic mass is 35.5. The molecule has 11 heteroatoms. The normalized spacial score (nSPS) is 12.1. The molecule has 0 aliphatic rings. The van der Waals surface area contributed by atoms with Crippen molar-refractivity contribution >= 4 is 17.5 Å². The number of rotatable bonds is 5. The topological polar surface area (TPSA) is 108 Å². The van der Waals surface area contributed by atoms with Crippen molar-refractivity contribution in [3.63, 3.8) is 0 Å². The minimum atomic E-state index is -4.93. The molecule has 32 heavy (non-hydrogen) atoms. The smallest absolute Gasteiger partial charge is 0.382 e. The molecule has 7 nitrogen and oxygen atoms in total. The van der Waals surface area contributed by atoms with E-state index in [0.29, 0.717) is 10.6 Å². The zero-order valence-electron chi connectivity index (χ0n) is 16.1. The molecular weight excluding hydrogens is 449 g/mol. The Bertz CT molecular complexity index is 1250. The molecule has 0 fully saturated rings. The van der Waals surface area contributed by atoms with Crippen molar-refractivity contribution in [1.82, 2.24) is 15.1 Å². The summed E-state index contributed by atoms with van der Waals surface area (Å²) in [5.41, 5.74) is -0.380. The van der Waals surface area contributed by atoms with E-state index in [4.69, 9.17) is 22.0 Å². The number of halogens is 4. The second kappa shape index (κ2) is 9.21. The third-order valence-corrected chi connectivity index (χ3v) is 4.60. The van der Waals surface area contributed by atoms with Gasteiger partial charge in [0.15, 0.2) is 6.10 Å². The van der Waals surface area contributed by atoms with Crippen molar-refractivity contribution in [2.24, 2.45) is 0 Å². The molecule has 0 bridgehead atoms. The molecule has 0 unspecified atom stereocenters. The SMILES string of the molecule is N#Cc1cccc(-n2nc(-c3ccc(Cl)cc3)cc(C(=O)NC[C@H](O)C(F)(F)F)c2=O)c1. The molecule has 1 heterocycles. The molecule has 0 spiro atoms. The van der Waals surface area contributed by atoms with Crippen LogP contribution >= 0.6 is 11.6 Å². The second-order valence-corrected chi connectivity index (χ2v) is 7.03. The van der Waals surface area contributed by atoms with Crippen LogP contribution in [0.15, 0.2) is 59.4 Å². The van der Waals surface area contributed by atoms with Gasteiger partial charge in [-0.1, -0.05) is 29.8 Å². The molecule has 0 saturated heterocycles. The lowest BCUT2D eigenvalue weighted by Crippen LogP contribution is -2.42. The van der Waals surface area contributed by atoms with Gasteiger partial charge >= 0.3 is 6.18 Å². The van der Waals surface area contributed by atoms with Crippen LogP contribution in [-0.2, 0) is 0 Å². The molecule has 2 aromatic carbocycles. The fraction of sp³-hybridized carbons (Fsp3) is 0.143. The molecule has 0 aliphatic heterocycles. The Morgan fingerprint density at radius 2 is 1.91 bits per heavy atom. The van der Waals surface area contributed by atoms with E-state index in [1.165, 1.54) is 24.3 Å². The highest BCUT2D eigenvalue weighted by molar-refractivity contribution is 6.30. The first-order chi connectivity index (χ1) is 15.1. The van der Waals surface area contributed by atoms with Crippen LogP contribution in [-0.4, -0.2) is 39.6 Å². The molecule has 0 saturated carbocycles. The maximum absolute atomic E-state index is 12.9. The van der Waals surface area contributed by atoms with Crippen LogP contribution in [0.3, 0.4) is 0 Å². The van der Waals surface area contributed by atoms with E-state index >= 15 is 0 Å². The molecule has 1 atom stereocenters. The lowest BCUT2D eigenvalue weighted by molar-refractivity contribution is -0.201. The summed E-state index contributed by atoms with van der Waals surface area (Å²) in [6.07, 6.45) is -7.73. The Morgan fingerprint density at radius 1 is 1.22 bits per heavy atom. The van der Waals surface area contributed by atoms with Gasteiger partial charge < -0.3 is 10.4 Å². The van der Waals surface area contributed by atoms with E-state index < -0.39 is 35.9 Å². The highest BCUT2D eigenvalue weighted by Crippen LogP contribution is 2.21. The predicted octanol–water partition coefficient (Wildman–Crippen LogP) is 3.08. The summed E-state index contributed by atoms with van der Waals surface area (Å²) in [5.74, 6) is -1.12. The van der Waals surface area contributed by atoms with Crippen LogP contribution in [0, 0.1) is 11.3 Å². The van der Waals surface area contributed by atoms with E-state index in [1.54, 1.807) is 24.3 Å². The van der Waals surface area contributed by atoms with Gasteiger partial charge in [0.1, 0.15) is 5.56 Å². The molecule has 0 aliphatic carbocycles. The van der Waals surface area contributed by atoms with Gasteiger partial charge in [0.2, 0.25) is 0 Å². The highest BCUT2D eigenvalue weighted by Gasteiger charge is 2.38. The van der Waals surface area contributed by atoms with Gasteiger partial charge in [-0.2, -0.15) is 28.2 Å². The van der Waals surface area contributed by atoms with Crippen molar-refractivity contribution in [1.29, 1.82) is 5.26 Å². The number of alkyl halides is 3. The van der Waals surface area contributed by atoms with Crippen molar-refractivity contribution in [3.05, 3.63) is 81.1 Å². The number of aliphatic hydroxyl groups is 1. The lowest BCUT2D eigenvalue weighted by Gasteiger charge is -2.15. The molecule has 3 rings (SSSR count). The molecule has 164 valence electrons. The fourth-order valence-corrected chi connectivity index (χ4v) is 2.83. The standard InChI is InChI=1S/C21H14ClF3N4O3/c22-14-6-4-13(5-7-14)17-9-16(19(31)27-11-18(30)21(23,24)25)20(32)29(28-17)15-3-1-2-12(8-15)10-26/h1-9,18,30H,11H2,(H,27,31)/t18-/m0/s1. The van der Waals surface area contributed by atoms with Crippen molar-refractivity contribution in [2.75, 3.05) is 6.54 Å². The summed E-state index contributed by atoms with van der Waals surface area (Å²) in [6, 6.07) is 15.2. The number of amides is 1. The number of hydrogen-bond donors (Lipinski definition) is 2. The van der Waals surface area contributed by atoms with E-state index in [0.717, 1.165) is 10.7 Å². The van der Waals surface area contributed by atoms with Crippen LogP contribution in [0.25, 0.3) is 16.9 Å².